The fourth-order valence-corrected chi connectivity index (χ4v) is 19.8. The van der Waals surface area contributed by atoms with Crippen LogP contribution in [0.25, 0.3) is 0 Å². The third-order valence-corrected chi connectivity index (χ3v) is 24.4. The lowest BCUT2D eigenvalue weighted by atomic mass is 9.48. The minimum atomic E-state index is -1.66. The second kappa shape index (κ2) is 25.1. The first kappa shape index (κ1) is 61.9. The molecule has 13 aliphatic rings. The molecule has 8 N–H and O–H groups in total. The van der Waals surface area contributed by atoms with Gasteiger partial charge < -0.3 is 55.5 Å². The monoisotopic (exact) mass is 1230 g/mol. The van der Waals surface area contributed by atoms with Gasteiger partial charge in [-0.25, -0.2) is 4.79 Å². The second-order valence-electron chi connectivity index (χ2n) is 30.2. The van der Waals surface area contributed by atoms with Crippen molar-refractivity contribution in [1.82, 2.24) is 5.32 Å². The number of fused-ring (bicyclic) bond motifs is 11. The van der Waals surface area contributed by atoms with E-state index in [0.717, 1.165) is 108 Å². The Labute approximate surface area is 531 Å². The number of benzene rings is 3. The molecule has 0 aromatic heterocycles. The normalized spacial score (nSPS) is 39.4. The Morgan fingerprint density at radius 2 is 1.52 bits per heavy atom. The Kier molecular flexibility index (Phi) is 17.2. The molecule has 7 aliphatic heterocycles. The largest absolute Gasteiger partial charge is 0.507 e. The number of hydrogen-bond donors (Lipinski definition) is 8. The Bertz CT molecular complexity index is 3420. The van der Waals surface area contributed by atoms with Gasteiger partial charge in [-0.1, -0.05) is 92.5 Å². The molecule has 19 unspecified atom stereocenters. The van der Waals surface area contributed by atoms with E-state index in [0.29, 0.717) is 77.8 Å². The number of ether oxygens (including phenoxy) is 3. The molecule has 7 heterocycles. The molecule has 3 aromatic rings. The molecule has 1 saturated heterocycles. The Morgan fingerprint density at radius 3 is 2.36 bits per heavy atom. The van der Waals surface area contributed by atoms with Crippen molar-refractivity contribution >= 4 is 23.4 Å². The lowest BCUT2D eigenvalue weighted by Gasteiger charge is -2.59. The van der Waals surface area contributed by atoms with Gasteiger partial charge in [-0.15, -0.1) is 0 Å². The van der Waals surface area contributed by atoms with Crippen molar-refractivity contribution in [2.75, 3.05) is 25.5 Å². The van der Waals surface area contributed by atoms with E-state index in [2.05, 4.69) is 46.4 Å². The maximum Gasteiger partial charge on any atom is 0.334 e. The molecule has 14 nitrogen and oxygen atoms in total. The third kappa shape index (κ3) is 11.8. The van der Waals surface area contributed by atoms with E-state index in [4.69, 9.17) is 14.2 Å². The van der Waals surface area contributed by atoms with Crippen molar-refractivity contribution in [2.45, 2.75) is 233 Å². The molecule has 7 fully saturated rings. The minimum absolute atomic E-state index is 0.0240. The van der Waals surface area contributed by atoms with Crippen LogP contribution < -0.4 is 15.4 Å². The van der Waals surface area contributed by atoms with E-state index in [1.807, 2.05) is 43.4 Å². The summed E-state index contributed by atoms with van der Waals surface area (Å²) in [6.07, 6.45) is 12.2. The number of aliphatic hydroxyl groups is 5. The number of esters is 2. The Hall–Kier alpha value is -5.55. The Balaban J connectivity index is 0.965. The molecule has 6 aliphatic carbocycles. The average molecular weight is 1230 g/mol. The van der Waals surface area contributed by atoms with Gasteiger partial charge in [0, 0.05) is 65.9 Å². The van der Waals surface area contributed by atoms with E-state index < -0.39 is 76.8 Å². The molecular weight excluding hydrogens is 1130 g/mol. The number of carbonyl (C=O) groups excluding carboxylic acids is 3. The number of aliphatic hydroxyl groups excluding tert-OH is 3. The average Bonchev–Trinajstić information content (AvgIpc) is 1.06. The van der Waals surface area contributed by atoms with Crippen LogP contribution in [0, 0.1) is 76.4 Å². The summed E-state index contributed by atoms with van der Waals surface area (Å²) in [5.41, 5.74) is 1.21. The van der Waals surface area contributed by atoms with Crippen molar-refractivity contribution in [2.24, 2.45) is 52.8 Å². The summed E-state index contributed by atoms with van der Waals surface area (Å²) in [7, 11) is 1.96. The van der Waals surface area contributed by atoms with E-state index in [9.17, 15) is 40.2 Å². The van der Waals surface area contributed by atoms with Crippen LogP contribution >= 0.6 is 0 Å². The number of rotatable bonds is 4. The second-order valence-corrected chi connectivity index (χ2v) is 30.2. The Morgan fingerprint density at radius 1 is 0.744 bits per heavy atom. The van der Waals surface area contributed by atoms with Crippen molar-refractivity contribution in [3.05, 3.63) is 99.1 Å². The van der Waals surface area contributed by atoms with Gasteiger partial charge in [0.15, 0.2) is 0 Å². The number of ketones is 1. The first-order chi connectivity index (χ1) is 43.4. The van der Waals surface area contributed by atoms with Gasteiger partial charge in [-0.05, 0) is 210 Å². The van der Waals surface area contributed by atoms with E-state index in [1.54, 1.807) is 13.0 Å². The standard InChI is InChI=1S/C76H94N2O12/c1-74(86)42-78-56-33-52(32-54(34-56)71(83)75(26-24-46(40-75)41-77-2)25-23-43-15-21-64-51(28-43)18-22-65(88-64)72(74)84)48-16-17-49-39-67(81)90-70-58(49)37-53(69(82)68(70)47-11-4-3-5-12-47)38-66-76(87)61-14-7-6-13-50(61)36-59-60(63(80)20-19-62(59)76)30-45-10-8-9-44(27-45)29-57(79)35-55(31-48)73(85)89-66/h8-10,27,32-35,37,43,46-51,57,59-62,64-66,71-72,77-79,82-84,86-87H,3-7,11-15,18-22,24,26,28-31,36,38-42H2,1-2H3. The van der Waals surface area contributed by atoms with Crippen LogP contribution in [0.1, 0.15) is 211 Å². The quantitative estimate of drug-likeness (QED) is 0.0692. The van der Waals surface area contributed by atoms with Crippen LogP contribution in [0.15, 0.2) is 60.2 Å². The summed E-state index contributed by atoms with van der Waals surface area (Å²) in [6.45, 7) is 2.32. The van der Waals surface area contributed by atoms with E-state index in [-0.39, 0.29) is 109 Å². The summed E-state index contributed by atoms with van der Waals surface area (Å²) >= 11 is 0. The molecule has 16 bridgehead atoms. The van der Waals surface area contributed by atoms with Gasteiger partial charge >= 0.3 is 11.9 Å². The zero-order valence-electron chi connectivity index (χ0n) is 52.7. The third-order valence-electron chi connectivity index (χ3n) is 24.4. The van der Waals surface area contributed by atoms with E-state index in [1.165, 1.54) is 0 Å². The highest BCUT2D eigenvalue weighted by Gasteiger charge is 2.62. The molecule has 1 spiro atoms. The zero-order chi connectivity index (χ0) is 62.2. The van der Waals surface area contributed by atoms with Gasteiger partial charge in [-0.3, -0.25) is 9.59 Å². The molecule has 14 heteroatoms. The van der Waals surface area contributed by atoms with Gasteiger partial charge in [-0.2, -0.15) is 0 Å². The molecule has 16 rings (SSSR count). The topological polar surface area (TPSA) is 224 Å². The van der Waals surface area contributed by atoms with Gasteiger partial charge in [0.2, 0.25) is 0 Å². The molecule has 3 aromatic carbocycles. The van der Waals surface area contributed by atoms with Gasteiger partial charge in [0.05, 0.1) is 42.2 Å². The SMILES string of the molecule is CNCC1CCC2(C#CC3CCC4OC(CCC4C3)C(O)C(C)(O)CNc3cc(C4C#CC5CC(=O)Oc6c5cc(c(O)c6C5CCCCC5)CC5OC(=O)C(=CC(O)Cc6cccc(c6)CC6C(=O)CCC7C6CC6CCCCC6C57O)C4)cc(c3)C2O)C1. The number of phenolic OH excluding ortho intramolecular Hbond substituents is 1. The number of anilines is 1. The molecule has 0 radical (unpaired) electrons. The smallest absolute Gasteiger partial charge is 0.334 e. The summed E-state index contributed by atoms with van der Waals surface area (Å²) in [5.74, 6) is 11.7. The predicted octanol–water partition coefficient (Wildman–Crippen LogP) is 10.3. The highest BCUT2D eigenvalue weighted by molar-refractivity contribution is 5.89. The van der Waals surface area contributed by atoms with Crippen molar-refractivity contribution in [3.8, 4) is 35.2 Å². The van der Waals surface area contributed by atoms with Crippen LogP contribution in [0.3, 0.4) is 0 Å². The fourth-order valence-electron chi connectivity index (χ4n) is 19.8. The van der Waals surface area contributed by atoms with Crippen LogP contribution in [0.5, 0.6) is 11.5 Å². The summed E-state index contributed by atoms with van der Waals surface area (Å²) in [6, 6.07) is 15.7. The van der Waals surface area contributed by atoms with E-state index >= 15 is 4.79 Å². The number of nitrogens with one attached hydrogen (secondary N) is 2. The number of aromatic hydroxyl groups is 1. The maximum absolute atomic E-state index is 16.2. The first-order valence-corrected chi connectivity index (χ1v) is 34.8. The van der Waals surface area contributed by atoms with Crippen molar-refractivity contribution in [1.29, 1.82) is 0 Å². The van der Waals surface area contributed by atoms with Gasteiger partial charge in [0.1, 0.15) is 40.7 Å². The minimum Gasteiger partial charge on any atom is -0.507 e. The van der Waals surface area contributed by atoms with Crippen LogP contribution in [0.2, 0.25) is 0 Å². The lowest BCUT2D eigenvalue weighted by molar-refractivity contribution is -0.228. The number of hydrogen-bond acceptors (Lipinski definition) is 14. The number of phenols is 1. The highest BCUT2D eigenvalue weighted by Crippen LogP contribution is 2.60. The van der Waals surface area contributed by atoms with Crippen molar-refractivity contribution in [3.63, 3.8) is 0 Å². The number of Topliss-reactive ketones (excluding diaryl/α,β-unsaturated/α-hetero) is 1. The summed E-state index contributed by atoms with van der Waals surface area (Å²) < 4.78 is 20.1. The fraction of sp³-hybridized carbons (Fsp3) is 0.645. The maximum atomic E-state index is 16.2. The molecule has 90 heavy (non-hydrogen) atoms. The molecule has 19 atom stereocenters. The van der Waals surface area contributed by atoms with Crippen LogP contribution in [0.4, 0.5) is 5.69 Å². The molecule has 480 valence electrons. The zero-order valence-corrected chi connectivity index (χ0v) is 52.7. The lowest BCUT2D eigenvalue weighted by Crippen LogP contribution is -2.65. The number of carbonyl (C=O) groups is 3. The van der Waals surface area contributed by atoms with Crippen LogP contribution in [-0.4, -0.2) is 110 Å². The highest BCUT2D eigenvalue weighted by atomic mass is 16.6. The molecule has 6 saturated carbocycles. The van der Waals surface area contributed by atoms with Crippen molar-refractivity contribution < 1.29 is 59.2 Å². The first-order valence-electron chi connectivity index (χ1n) is 34.8. The molecular formula is C76H94N2O12. The van der Waals surface area contributed by atoms with Gasteiger partial charge in [0.25, 0.3) is 0 Å². The summed E-state index contributed by atoms with van der Waals surface area (Å²) in [4.78, 5) is 44.9. The predicted molar refractivity (Wildman–Crippen MR) is 340 cm³/mol. The van der Waals surface area contributed by atoms with Crippen LogP contribution in [-0.2, 0) is 43.1 Å². The molecule has 0 amide bonds. The summed E-state index contributed by atoms with van der Waals surface area (Å²) in [5, 5.41) is 84.6.